The second-order valence-electron chi connectivity index (χ2n) is 13.0. The summed E-state index contributed by atoms with van der Waals surface area (Å²) in [5.74, 6) is 1.32. The van der Waals surface area contributed by atoms with Gasteiger partial charge in [0.05, 0.1) is 43.3 Å². The van der Waals surface area contributed by atoms with Crippen LogP contribution in [0.2, 0.25) is 0 Å². The van der Waals surface area contributed by atoms with Crippen molar-refractivity contribution in [1.29, 1.82) is 0 Å². The van der Waals surface area contributed by atoms with E-state index in [9.17, 15) is 23.1 Å². The van der Waals surface area contributed by atoms with Crippen LogP contribution in [0.1, 0.15) is 46.6 Å². The number of nitrogens with zero attached hydrogens (tertiary/aromatic N) is 2. The van der Waals surface area contributed by atoms with Gasteiger partial charge in [-0.2, -0.15) is 4.31 Å². The summed E-state index contributed by atoms with van der Waals surface area (Å²) in [7, 11) is -4.06. The number of nitrogens with one attached hydrogen (secondary N) is 1. The molecule has 0 aliphatic carbocycles. The Hall–Kier alpha value is -3.59. The smallest absolute Gasteiger partial charge is 0.407 e. The van der Waals surface area contributed by atoms with E-state index < -0.39 is 33.9 Å². The lowest BCUT2D eigenvalue weighted by molar-refractivity contribution is -0.135. The molecule has 1 saturated heterocycles. The fourth-order valence-corrected chi connectivity index (χ4v) is 6.78. The first-order chi connectivity index (χ1) is 22.2. The molecular formula is C33H47N3O10S. The maximum Gasteiger partial charge on any atom is 0.407 e. The number of sulfonamides is 1. The lowest BCUT2D eigenvalue weighted by Crippen LogP contribution is -2.51. The van der Waals surface area contributed by atoms with E-state index >= 15 is 0 Å². The van der Waals surface area contributed by atoms with Crippen molar-refractivity contribution in [3.63, 3.8) is 0 Å². The van der Waals surface area contributed by atoms with Crippen molar-refractivity contribution in [2.75, 3.05) is 52.8 Å². The van der Waals surface area contributed by atoms with Crippen LogP contribution in [0.3, 0.4) is 0 Å². The van der Waals surface area contributed by atoms with Crippen molar-refractivity contribution in [2.45, 2.75) is 70.1 Å². The number of fused-ring (bicyclic) bond motifs is 1. The third-order valence-corrected chi connectivity index (χ3v) is 9.26. The number of carbonyl (C=O) groups is 2. The van der Waals surface area contributed by atoms with Crippen molar-refractivity contribution in [3.05, 3.63) is 48.0 Å². The fourth-order valence-electron chi connectivity index (χ4n) is 5.15. The van der Waals surface area contributed by atoms with Gasteiger partial charge in [-0.25, -0.2) is 13.2 Å². The molecule has 2 aliphatic rings. The number of ether oxygens (including phenoxy) is 5. The quantitative estimate of drug-likeness (QED) is 0.305. The molecule has 0 bridgehead atoms. The molecule has 2 atom stereocenters. The molecule has 2 aromatic carbocycles. The summed E-state index contributed by atoms with van der Waals surface area (Å²) >= 11 is 0. The summed E-state index contributed by atoms with van der Waals surface area (Å²) in [5.41, 5.74) is -0.0235. The number of carbonyl (C=O) groups excluding carboxylic acids is 2. The van der Waals surface area contributed by atoms with Crippen LogP contribution in [0.4, 0.5) is 4.79 Å². The van der Waals surface area contributed by atoms with Crippen LogP contribution in [0.25, 0.3) is 0 Å². The monoisotopic (exact) mass is 677 g/mol. The molecule has 1 fully saturated rings. The Balaban J connectivity index is 1.45. The average Bonchev–Trinajstić information content (AvgIpc) is 3.49. The fraction of sp³-hybridized carbons (Fsp3) is 0.576. The van der Waals surface area contributed by atoms with Gasteiger partial charge in [0.2, 0.25) is 22.7 Å². The molecule has 0 spiro atoms. The van der Waals surface area contributed by atoms with E-state index in [1.54, 1.807) is 56.0 Å². The molecule has 47 heavy (non-hydrogen) atoms. The third-order valence-electron chi connectivity index (χ3n) is 7.44. The van der Waals surface area contributed by atoms with Gasteiger partial charge in [-0.05, 0) is 62.9 Å². The summed E-state index contributed by atoms with van der Waals surface area (Å²) in [4.78, 5) is 27.0. The number of morpholine rings is 1. The molecule has 0 unspecified atom stereocenters. The lowest BCUT2D eigenvalue weighted by Gasteiger charge is -2.31. The van der Waals surface area contributed by atoms with Gasteiger partial charge >= 0.3 is 6.09 Å². The molecule has 13 nitrogen and oxygen atoms in total. The van der Waals surface area contributed by atoms with Gasteiger partial charge in [-0.15, -0.1) is 0 Å². The minimum Gasteiger partial charge on any atom is -0.493 e. The number of amides is 2. The zero-order chi connectivity index (χ0) is 34.2. The predicted octanol–water partition coefficient (Wildman–Crippen LogP) is 3.19. The maximum absolute atomic E-state index is 13.8. The highest BCUT2D eigenvalue weighted by Gasteiger charge is 2.33. The standard InChI is InChI=1S/C33H47N3O10S/c1-23(2)20-36(47(40,41)26-10-11-29-30(19-26)45-22-44-29)21-28(37)27(34-32(39)46-33(3,4)5)18-24-6-8-25(9-7-24)43-15-12-31(38)35-13-16-42-17-14-35/h6-11,19,23,27-28,37H,12-18,20-22H2,1-5H3,(H,34,39)/t27-,28+/m0/s1. The van der Waals surface area contributed by atoms with Crippen molar-refractivity contribution in [2.24, 2.45) is 5.92 Å². The predicted molar refractivity (Wildman–Crippen MR) is 173 cm³/mol. The van der Waals surface area contributed by atoms with Crippen LogP contribution in [0.5, 0.6) is 17.2 Å². The zero-order valence-corrected chi connectivity index (χ0v) is 28.6. The number of aliphatic hydroxyl groups excluding tert-OH is 1. The minimum atomic E-state index is -4.06. The van der Waals surface area contributed by atoms with E-state index in [1.807, 2.05) is 13.8 Å². The molecule has 0 aromatic heterocycles. The summed E-state index contributed by atoms with van der Waals surface area (Å²) < 4.78 is 56.1. The lowest BCUT2D eigenvalue weighted by atomic mass is 10.0. The average molecular weight is 678 g/mol. The molecule has 260 valence electrons. The molecule has 2 heterocycles. The van der Waals surface area contributed by atoms with Gasteiger partial charge in [0.1, 0.15) is 11.4 Å². The summed E-state index contributed by atoms with van der Waals surface area (Å²) in [6, 6.07) is 10.6. The van der Waals surface area contributed by atoms with Crippen molar-refractivity contribution < 1.29 is 46.8 Å². The van der Waals surface area contributed by atoms with E-state index in [4.69, 9.17) is 23.7 Å². The number of rotatable bonds is 14. The van der Waals surface area contributed by atoms with E-state index in [1.165, 1.54) is 16.4 Å². The Morgan fingerprint density at radius 1 is 1.02 bits per heavy atom. The highest BCUT2D eigenvalue weighted by Crippen LogP contribution is 2.35. The molecule has 2 aromatic rings. The summed E-state index contributed by atoms with van der Waals surface area (Å²) in [6.07, 6.45) is -1.61. The number of aliphatic hydroxyl groups is 1. The van der Waals surface area contributed by atoms with Crippen LogP contribution in [0, 0.1) is 5.92 Å². The maximum atomic E-state index is 13.8. The first kappa shape index (κ1) is 36.2. The van der Waals surface area contributed by atoms with E-state index in [0.717, 1.165) is 5.56 Å². The normalized spacial score (nSPS) is 16.2. The van der Waals surface area contributed by atoms with E-state index in [0.29, 0.717) is 43.6 Å². The van der Waals surface area contributed by atoms with Crippen LogP contribution in [-0.2, 0) is 30.7 Å². The Morgan fingerprint density at radius 2 is 1.70 bits per heavy atom. The third kappa shape index (κ3) is 10.7. The topological polar surface area (TPSA) is 153 Å². The Bertz CT molecular complexity index is 1450. The van der Waals surface area contributed by atoms with Gasteiger partial charge in [0, 0.05) is 32.2 Å². The van der Waals surface area contributed by atoms with Crippen molar-refractivity contribution in [3.8, 4) is 17.2 Å². The van der Waals surface area contributed by atoms with Crippen molar-refractivity contribution >= 4 is 22.0 Å². The molecule has 0 saturated carbocycles. The van der Waals surface area contributed by atoms with Crippen LogP contribution in [-0.4, -0.2) is 105 Å². The number of hydrogen-bond acceptors (Lipinski definition) is 10. The van der Waals surface area contributed by atoms with Crippen LogP contribution < -0.4 is 19.5 Å². The van der Waals surface area contributed by atoms with E-state index in [-0.39, 0.29) is 56.1 Å². The first-order valence-corrected chi connectivity index (χ1v) is 17.3. The molecule has 14 heteroatoms. The van der Waals surface area contributed by atoms with Crippen molar-refractivity contribution in [1.82, 2.24) is 14.5 Å². The van der Waals surface area contributed by atoms with Crippen LogP contribution >= 0.6 is 0 Å². The Labute approximate surface area is 277 Å². The summed E-state index contributed by atoms with van der Waals surface area (Å²) in [6.45, 7) is 11.3. The summed E-state index contributed by atoms with van der Waals surface area (Å²) in [5, 5.41) is 14.3. The molecular weight excluding hydrogens is 630 g/mol. The van der Waals surface area contributed by atoms with Gasteiger partial charge in [0.15, 0.2) is 11.5 Å². The van der Waals surface area contributed by atoms with Gasteiger partial charge in [-0.3, -0.25) is 4.79 Å². The van der Waals surface area contributed by atoms with Gasteiger partial charge in [0.25, 0.3) is 0 Å². The Kier molecular flexibility index (Phi) is 12.3. The second-order valence-corrected chi connectivity index (χ2v) is 14.9. The number of hydrogen-bond donors (Lipinski definition) is 2. The van der Waals surface area contributed by atoms with Crippen LogP contribution in [0.15, 0.2) is 47.4 Å². The molecule has 0 radical (unpaired) electrons. The molecule has 2 aliphatic heterocycles. The first-order valence-electron chi connectivity index (χ1n) is 15.9. The molecule has 2 amide bonds. The second kappa shape index (κ2) is 16.0. The minimum absolute atomic E-state index is 0.00692. The van der Waals surface area contributed by atoms with Gasteiger partial charge in [-0.1, -0.05) is 26.0 Å². The highest BCUT2D eigenvalue weighted by molar-refractivity contribution is 7.89. The zero-order valence-electron chi connectivity index (χ0n) is 27.8. The largest absolute Gasteiger partial charge is 0.493 e. The van der Waals surface area contributed by atoms with Gasteiger partial charge < -0.3 is 39.0 Å². The molecule has 2 N–H and O–H groups in total. The van der Waals surface area contributed by atoms with E-state index in [2.05, 4.69) is 5.32 Å². The number of alkyl carbamates (subject to hydrolysis) is 1. The highest BCUT2D eigenvalue weighted by atomic mass is 32.2. The molecule has 4 rings (SSSR count). The Morgan fingerprint density at radius 3 is 2.36 bits per heavy atom. The number of benzene rings is 2. The SMILES string of the molecule is CC(C)CN(C[C@@H](O)[C@H](Cc1ccc(OCCC(=O)N2CCOCC2)cc1)NC(=O)OC(C)(C)C)S(=O)(=O)c1ccc2c(c1)OCO2.